The van der Waals surface area contributed by atoms with E-state index in [1.54, 1.807) is 19.1 Å². The molecule has 0 spiro atoms. The highest BCUT2D eigenvalue weighted by atomic mass is 19.1. The van der Waals surface area contributed by atoms with E-state index < -0.39 is 23.1 Å². The van der Waals surface area contributed by atoms with Gasteiger partial charge in [0.1, 0.15) is 29.6 Å². The SMILES string of the molecule is C#Cc1c(F)ccc2cccc(-c3c(F)cc4c(N5CCC[C@@](C)(O)C5)nc(OCC56CCCN5C(CO)CC6)nc4c3F)c12. The van der Waals surface area contributed by atoms with Gasteiger partial charge in [-0.05, 0) is 75.1 Å². The number of β-amino-alcohol motifs (C(OH)–C–C–N with tert-alkyl or cyclic N) is 1. The van der Waals surface area contributed by atoms with Gasteiger partial charge >= 0.3 is 6.01 Å². The van der Waals surface area contributed by atoms with Crippen LogP contribution < -0.4 is 9.64 Å². The summed E-state index contributed by atoms with van der Waals surface area (Å²) in [5, 5.41) is 21.7. The summed E-state index contributed by atoms with van der Waals surface area (Å²) in [5.41, 5.74) is -1.78. The van der Waals surface area contributed by atoms with Crippen molar-refractivity contribution in [2.75, 3.05) is 37.7 Å². The Hall–Kier alpha value is -3.91. The predicted molar refractivity (Wildman–Crippen MR) is 167 cm³/mol. The van der Waals surface area contributed by atoms with Crippen LogP contribution in [0.25, 0.3) is 32.8 Å². The monoisotopic (exact) mass is 616 g/mol. The molecule has 0 amide bonds. The molecule has 3 atom stereocenters. The number of fused-ring (bicyclic) bond motifs is 3. The zero-order chi connectivity index (χ0) is 31.5. The summed E-state index contributed by atoms with van der Waals surface area (Å²) < 4.78 is 54.0. The molecule has 3 aromatic carbocycles. The van der Waals surface area contributed by atoms with Crippen molar-refractivity contribution in [2.45, 2.75) is 62.6 Å². The average molecular weight is 617 g/mol. The zero-order valence-corrected chi connectivity index (χ0v) is 25.1. The average Bonchev–Trinajstić information content (AvgIpc) is 3.59. The number of anilines is 1. The number of benzene rings is 3. The third kappa shape index (κ3) is 4.98. The molecule has 0 saturated carbocycles. The summed E-state index contributed by atoms with van der Waals surface area (Å²) >= 11 is 0. The molecule has 0 bridgehead atoms. The number of ether oxygens (including phenoxy) is 1. The Morgan fingerprint density at radius 2 is 1.89 bits per heavy atom. The van der Waals surface area contributed by atoms with E-state index in [2.05, 4.69) is 20.8 Å². The van der Waals surface area contributed by atoms with Gasteiger partial charge in [-0.2, -0.15) is 9.97 Å². The summed E-state index contributed by atoms with van der Waals surface area (Å²) in [4.78, 5) is 13.3. The largest absolute Gasteiger partial charge is 0.461 e. The molecular weight excluding hydrogens is 581 g/mol. The zero-order valence-electron chi connectivity index (χ0n) is 25.1. The van der Waals surface area contributed by atoms with Crippen molar-refractivity contribution in [1.82, 2.24) is 14.9 Å². The number of aliphatic hydroxyl groups excluding tert-OH is 1. The molecule has 7 nitrogen and oxygen atoms in total. The molecule has 3 saturated heterocycles. The molecule has 45 heavy (non-hydrogen) atoms. The van der Waals surface area contributed by atoms with E-state index in [0.29, 0.717) is 24.8 Å². The van der Waals surface area contributed by atoms with Gasteiger partial charge in [0.15, 0.2) is 5.82 Å². The van der Waals surface area contributed by atoms with Crippen LogP contribution in [0.1, 0.15) is 51.0 Å². The van der Waals surface area contributed by atoms with Crippen molar-refractivity contribution in [3.05, 3.63) is 59.4 Å². The van der Waals surface area contributed by atoms with Crippen LogP contribution in [-0.4, -0.2) is 75.1 Å². The smallest absolute Gasteiger partial charge is 0.319 e. The minimum Gasteiger partial charge on any atom is -0.461 e. The summed E-state index contributed by atoms with van der Waals surface area (Å²) in [5.74, 6) is 0.145. The van der Waals surface area contributed by atoms with Gasteiger partial charge in [0.05, 0.1) is 28.9 Å². The predicted octanol–water partition coefficient (Wildman–Crippen LogP) is 5.57. The van der Waals surface area contributed by atoms with E-state index in [1.165, 1.54) is 24.3 Å². The molecule has 4 aromatic rings. The lowest BCUT2D eigenvalue weighted by molar-refractivity contribution is 0.0446. The fraction of sp³-hybridized carbons (Fsp3) is 0.429. The van der Waals surface area contributed by atoms with E-state index in [-0.39, 0.29) is 76.1 Å². The normalized spacial score (nSPS) is 25.2. The third-order valence-corrected chi connectivity index (χ3v) is 9.94. The van der Waals surface area contributed by atoms with Gasteiger partial charge in [0.25, 0.3) is 0 Å². The molecule has 3 aliphatic heterocycles. The van der Waals surface area contributed by atoms with E-state index in [9.17, 15) is 14.6 Å². The van der Waals surface area contributed by atoms with Gasteiger partial charge in [-0.15, -0.1) is 6.42 Å². The summed E-state index contributed by atoms with van der Waals surface area (Å²) in [6, 6.07) is 8.84. The number of aromatic nitrogens is 2. The summed E-state index contributed by atoms with van der Waals surface area (Å²) in [6.07, 6.45) is 10.5. The maximum Gasteiger partial charge on any atom is 0.319 e. The van der Waals surface area contributed by atoms with Crippen LogP contribution in [0.15, 0.2) is 36.4 Å². The van der Waals surface area contributed by atoms with Crippen molar-refractivity contribution >= 4 is 27.5 Å². The van der Waals surface area contributed by atoms with Crippen LogP contribution in [0.3, 0.4) is 0 Å². The molecule has 10 heteroatoms. The fourth-order valence-corrected chi connectivity index (χ4v) is 7.82. The van der Waals surface area contributed by atoms with Crippen LogP contribution >= 0.6 is 0 Å². The lowest BCUT2D eigenvalue weighted by atomic mass is 9.92. The maximum atomic E-state index is 16.8. The van der Waals surface area contributed by atoms with Crippen LogP contribution in [0.2, 0.25) is 0 Å². The second kappa shape index (κ2) is 11.2. The molecule has 2 N–H and O–H groups in total. The lowest BCUT2D eigenvalue weighted by Gasteiger charge is -2.38. The number of piperidine rings is 1. The number of hydrogen-bond donors (Lipinski definition) is 2. The van der Waals surface area contributed by atoms with Crippen LogP contribution in [0.5, 0.6) is 6.01 Å². The second-order valence-electron chi connectivity index (χ2n) is 13.0. The Bertz CT molecular complexity index is 1860. The van der Waals surface area contributed by atoms with Crippen molar-refractivity contribution in [3.8, 4) is 29.5 Å². The number of rotatable bonds is 6. The first kappa shape index (κ1) is 29.8. The quantitative estimate of drug-likeness (QED) is 0.274. The van der Waals surface area contributed by atoms with Gasteiger partial charge in [0.2, 0.25) is 0 Å². The van der Waals surface area contributed by atoms with Crippen LogP contribution in [0.4, 0.5) is 19.0 Å². The van der Waals surface area contributed by atoms with Gasteiger partial charge < -0.3 is 19.8 Å². The molecule has 2 unspecified atom stereocenters. The molecule has 0 aliphatic carbocycles. The summed E-state index contributed by atoms with van der Waals surface area (Å²) in [7, 11) is 0. The topological polar surface area (TPSA) is 82.0 Å². The second-order valence-corrected chi connectivity index (χ2v) is 13.0. The molecule has 3 aliphatic rings. The van der Waals surface area contributed by atoms with E-state index in [1.807, 2.05) is 4.90 Å². The van der Waals surface area contributed by atoms with Crippen LogP contribution in [-0.2, 0) is 0 Å². The maximum absolute atomic E-state index is 16.8. The van der Waals surface area contributed by atoms with Crippen molar-refractivity contribution in [3.63, 3.8) is 0 Å². The highest BCUT2D eigenvalue weighted by Crippen LogP contribution is 2.44. The van der Waals surface area contributed by atoms with E-state index in [4.69, 9.17) is 11.2 Å². The number of hydrogen-bond acceptors (Lipinski definition) is 7. The fourth-order valence-electron chi connectivity index (χ4n) is 7.82. The minimum atomic E-state index is -1.02. The Balaban J connectivity index is 1.39. The van der Waals surface area contributed by atoms with Crippen molar-refractivity contribution in [1.29, 1.82) is 0 Å². The van der Waals surface area contributed by atoms with Crippen LogP contribution in [0, 0.1) is 29.8 Å². The molecule has 3 fully saturated rings. The first-order chi connectivity index (χ1) is 21.6. The lowest BCUT2D eigenvalue weighted by Crippen LogP contribution is -2.47. The first-order valence-corrected chi connectivity index (χ1v) is 15.5. The third-order valence-electron chi connectivity index (χ3n) is 9.94. The van der Waals surface area contributed by atoms with Crippen molar-refractivity contribution < 1.29 is 28.1 Å². The number of nitrogens with zero attached hydrogens (tertiary/aromatic N) is 4. The Labute approximate surface area is 259 Å². The number of aliphatic hydroxyl groups is 2. The van der Waals surface area contributed by atoms with Gasteiger partial charge in [-0.3, -0.25) is 4.90 Å². The molecule has 234 valence electrons. The Morgan fingerprint density at radius 3 is 2.67 bits per heavy atom. The standard InChI is InChI=1S/C35H35F3N4O3/c1-3-23-26(36)10-9-21-7-4-8-24(28(21)23)29-27(37)17-25-31(30(29)38)39-33(40-32(25)41-15-5-12-34(2,44)19-41)45-20-35-13-6-16-42(35)22(18-43)11-14-35/h1,4,7-10,17,22,43-44H,5-6,11-16,18-20H2,2H3/t22?,34-,35?/m1/s1. The van der Waals surface area contributed by atoms with E-state index >= 15 is 8.78 Å². The highest BCUT2D eigenvalue weighted by molar-refractivity contribution is 6.03. The van der Waals surface area contributed by atoms with Gasteiger partial charge in [0, 0.05) is 29.9 Å². The number of terminal acetylenes is 1. The molecule has 7 rings (SSSR count). The van der Waals surface area contributed by atoms with Gasteiger partial charge in [-0.1, -0.05) is 30.2 Å². The first-order valence-electron chi connectivity index (χ1n) is 15.5. The summed E-state index contributed by atoms with van der Waals surface area (Å²) in [6.45, 7) is 3.67. The van der Waals surface area contributed by atoms with E-state index in [0.717, 1.165) is 32.2 Å². The Kier molecular flexibility index (Phi) is 7.39. The molecule has 0 radical (unpaired) electrons. The van der Waals surface area contributed by atoms with Crippen molar-refractivity contribution in [2.24, 2.45) is 0 Å². The minimum absolute atomic E-state index is 0.0545. The highest BCUT2D eigenvalue weighted by Gasteiger charge is 2.49. The number of halogens is 3. The Morgan fingerprint density at radius 1 is 1.07 bits per heavy atom. The molecular formula is C35H35F3N4O3. The molecule has 4 heterocycles. The molecule has 1 aromatic heterocycles. The van der Waals surface area contributed by atoms with Gasteiger partial charge in [-0.25, -0.2) is 13.2 Å².